The van der Waals surface area contributed by atoms with E-state index in [2.05, 4.69) is 26.6 Å². The fourth-order valence-corrected chi connectivity index (χ4v) is 3.15. The Hall–Kier alpha value is -2.54. The lowest BCUT2D eigenvalue weighted by atomic mass is 10.2. The highest BCUT2D eigenvalue weighted by Crippen LogP contribution is 2.25. The zero-order valence-electron chi connectivity index (χ0n) is 14.6. The van der Waals surface area contributed by atoms with Crippen molar-refractivity contribution in [1.29, 1.82) is 0 Å². The van der Waals surface area contributed by atoms with Gasteiger partial charge in [0.2, 0.25) is 5.91 Å². The third-order valence-electron chi connectivity index (χ3n) is 4.24. The molecule has 136 valence electrons. The number of methoxy groups -OCH3 is 1. The van der Waals surface area contributed by atoms with Crippen LogP contribution in [0.5, 0.6) is 5.75 Å². The fourth-order valence-electron chi connectivity index (χ4n) is 2.91. The number of aryl methyl sites for hydroxylation is 1. The number of halogens is 1. The van der Waals surface area contributed by atoms with Gasteiger partial charge in [-0.25, -0.2) is 4.79 Å². The molecule has 26 heavy (non-hydrogen) atoms. The Morgan fingerprint density at radius 1 is 1.27 bits per heavy atom. The Kier molecular flexibility index (Phi) is 5.46. The summed E-state index contributed by atoms with van der Waals surface area (Å²) >= 11 is 3.43. The van der Waals surface area contributed by atoms with Gasteiger partial charge >= 0.3 is 6.03 Å². The van der Waals surface area contributed by atoms with Gasteiger partial charge in [0.05, 0.1) is 13.2 Å². The van der Waals surface area contributed by atoms with Gasteiger partial charge in [0.15, 0.2) is 0 Å². The van der Waals surface area contributed by atoms with Crippen molar-refractivity contribution >= 4 is 39.2 Å². The molecule has 1 saturated heterocycles. The molecule has 2 aromatic rings. The minimum atomic E-state index is -0.322. The van der Waals surface area contributed by atoms with Gasteiger partial charge in [-0.05, 0) is 42.8 Å². The molecule has 1 aliphatic rings. The lowest BCUT2D eigenvalue weighted by Gasteiger charge is -2.18. The van der Waals surface area contributed by atoms with Gasteiger partial charge in [0.25, 0.3) is 0 Å². The molecule has 0 aliphatic carbocycles. The van der Waals surface area contributed by atoms with Crippen LogP contribution in [0.25, 0.3) is 0 Å². The van der Waals surface area contributed by atoms with E-state index in [9.17, 15) is 9.59 Å². The molecule has 1 heterocycles. The maximum atomic E-state index is 12.3. The molecule has 0 unspecified atom stereocenters. The largest absolute Gasteiger partial charge is 0.497 e. The number of anilines is 2. The first-order valence-electron chi connectivity index (χ1n) is 8.24. The molecule has 2 N–H and O–H groups in total. The number of hydrogen-bond donors (Lipinski definition) is 2. The average Bonchev–Trinajstić information content (AvgIpc) is 2.98. The molecule has 7 heteroatoms. The summed E-state index contributed by atoms with van der Waals surface area (Å²) in [5, 5.41) is 5.67. The molecular formula is C19H20BrN3O3. The van der Waals surface area contributed by atoms with E-state index >= 15 is 0 Å². The van der Waals surface area contributed by atoms with Crippen LogP contribution in [-0.2, 0) is 4.79 Å². The lowest BCUT2D eigenvalue weighted by molar-refractivity contribution is -0.117. The van der Waals surface area contributed by atoms with Crippen molar-refractivity contribution in [3.63, 3.8) is 0 Å². The van der Waals surface area contributed by atoms with Crippen LogP contribution in [-0.4, -0.2) is 31.6 Å². The number of carbonyl (C=O) groups is 2. The van der Waals surface area contributed by atoms with Crippen LogP contribution in [0, 0.1) is 6.92 Å². The molecule has 0 saturated carbocycles. The Balaban J connectivity index is 1.61. The van der Waals surface area contributed by atoms with Crippen molar-refractivity contribution in [3.8, 4) is 5.75 Å². The highest BCUT2D eigenvalue weighted by Gasteiger charge is 2.31. The second kappa shape index (κ2) is 7.78. The average molecular weight is 418 g/mol. The smallest absolute Gasteiger partial charge is 0.319 e. The Morgan fingerprint density at radius 2 is 2.08 bits per heavy atom. The Labute approximate surface area is 160 Å². The maximum absolute atomic E-state index is 12.3. The van der Waals surface area contributed by atoms with Crippen molar-refractivity contribution in [1.82, 2.24) is 5.32 Å². The van der Waals surface area contributed by atoms with E-state index in [0.717, 1.165) is 15.7 Å². The number of nitrogens with one attached hydrogen (secondary N) is 2. The SMILES string of the molecule is COc1cccc(N2C[C@H](NC(=O)Nc3ccc(Br)c(C)c3)CC2=O)c1. The second-order valence-corrected chi connectivity index (χ2v) is 7.02. The quantitative estimate of drug-likeness (QED) is 0.796. The molecule has 1 fully saturated rings. The van der Waals surface area contributed by atoms with Crippen molar-refractivity contribution in [2.24, 2.45) is 0 Å². The first kappa shape index (κ1) is 18.3. The summed E-state index contributed by atoms with van der Waals surface area (Å²) in [7, 11) is 1.59. The number of carbonyl (C=O) groups excluding carboxylic acids is 2. The van der Waals surface area contributed by atoms with Gasteiger partial charge in [0.1, 0.15) is 5.75 Å². The predicted octanol–water partition coefficient (Wildman–Crippen LogP) is 3.69. The second-order valence-electron chi connectivity index (χ2n) is 6.17. The van der Waals surface area contributed by atoms with E-state index in [0.29, 0.717) is 18.0 Å². The van der Waals surface area contributed by atoms with Crippen LogP contribution in [0.3, 0.4) is 0 Å². The van der Waals surface area contributed by atoms with Crippen LogP contribution in [0.1, 0.15) is 12.0 Å². The molecule has 1 aliphatic heterocycles. The van der Waals surface area contributed by atoms with Gasteiger partial charge in [-0.1, -0.05) is 22.0 Å². The van der Waals surface area contributed by atoms with Crippen LogP contribution in [0.4, 0.5) is 16.2 Å². The van der Waals surface area contributed by atoms with E-state index < -0.39 is 0 Å². The van der Waals surface area contributed by atoms with Crippen LogP contribution < -0.4 is 20.3 Å². The summed E-state index contributed by atoms with van der Waals surface area (Å²) < 4.78 is 6.19. The van der Waals surface area contributed by atoms with E-state index in [1.807, 2.05) is 49.4 Å². The van der Waals surface area contributed by atoms with Gasteiger partial charge < -0.3 is 20.3 Å². The third kappa shape index (κ3) is 4.16. The molecule has 0 aromatic heterocycles. The van der Waals surface area contributed by atoms with Crippen LogP contribution >= 0.6 is 15.9 Å². The molecule has 2 aromatic carbocycles. The normalized spacial score (nSPS) is 16.5. The van der Waals surface area contributed by atoms with Gasteiger partial charge in [-0.2, -0.15) is 0 Å². The number of nitrogens with zero attached hydrogens (tertiary/aromatic N) is 1. The van der Waals surface area contributed by atoms with Crippen molar-refractivity contribution in [2.75, 3.05) is 23.9 Å². The van der Waals surface area contributed by atoms with Gasteiger partial charge in [-0.15, -0.1) is 0 Å². The monoisotopic (exact) mass is 417 g/mol. The minimum Gasteiger partial charge on any atom is -0.497 e. The number of ether oxygens (including phenoxy) is 1. The minimum absolute atomic E-state index is 0.0250. The molecular weight excluding hydrogens is 398 g/mol. The molecule has 3 amide bonds. The zero-order chi connectivity index (χ0) is 18.7. The third-order valence-corrected chi connectivity index (χ3v) is 5.13. The predicted molar refractivity (Wildman–Crippen MR) is 105 cm³/mol. The molecule has 1 atom stereocenters. The first-order chi connectivity index (χ1) is 12.5. The number of benzene rings is 2. The van der Waals surface area contributed by atoms with Gasteiger partial charge in [0, 0.05) is 34.9 Å². The van der Waals surface area contributed by atoms with Crippen LogP contribution in [0.2, 0.25) is 0 Å². The maximum Gasteiger partial charge on any atom is 0.319 e. The highest BCUT2D eigenvalue weighted by molar-refractivity contribution is 9.10. The first-order valence-corrected chi connectivity index (χ1v) is 9.03. The lowest BCUT2D eigenvalue weighted by Crippen LogP contribution is -2.39. The van der Waals surface area contributed by atoms with Crippen molar-refractivity contribution < 1.29 is 14.3 Å². The van der Waals surface area contributed by atoms with E-state index in [1.54, 1.807) is 12.0 Å². The molecule has 0 bridgehead atoms. The van der Waals surface area contributed by atoms with E-state index in [1.165, 1.54) is 0 Å². The van der Waals surface area contributed by atoms with E-state index in [4.69, 9.17) is 4.74 Å². The number of rotatable bonds is 4. The Bertz CT molecular complexity index is 841. The summed E-state index contributed by atoms with van der Waals surface area (Å²) in [6.07, 6.45) is 0.268. The summed E-state index contributed by atoms with van der Waals surface area (Å²) in [6.45, 7) is 2.38. The topological polar surface area (TPSA) is 70.7 Å². The molecule has 0 spiro atoms. The molecule has 6 nitrogen and oxygen atoms in total. The fraction of sp³-hybridized carbons (Fsp3) is 0.263. The summed E-state index contributed by atoms with van der Waals surface area (Å²) in [6, 6.07) is 12.3. The summed E-state index contributed by atoms with van der Waals surface area (Å²) in [4.78, 5) is 26.2. The van der Waals surface area contributed by atoms with Crippen molar-refractivity contribution in [3.05, 3.63) is 52.5 Å². The molecule has 3 rings (SSSR count). The van der Waals surface area contributed by atoms with E-state index in [-0.39, 0.29) is 24.4 Å². The standard InChI is InChI=1S/C19H20BrN3O3/c1-12-8-13(6-7-17(12)20)21-19(25)22-14-9-18(24)23(11-14)15-4-3-5-16(10-15)26-2/h3-8,10,14H,9,11H2,1-2H3,(H2,21,22,25)/t14-/m1/s1. The van der Waals surface area contributed by atoms with Crippen LogP contribution in [0.15, 0.2) is 46.9 Å². The Morgan fingerprint density at radius 3 is 2.81 bits per heavy atom. The number of amides is 3. The zero-order valence-corrected chi connectivity index (χ0v) is 16.2. The number of urea groups is 1. The van der Waals surface area contributed by atoms with Crippen molar-refractivity contribution in [2.45, 2.75) is 19.4 Å². The highest BCUT2D eigenvalue weighted by atomic mass is 79.9. The summed E-state index contributed by atoms with van der Waals surface area (Å²) in [5.41, 5.74) is 2.50. The van der Waals surface area contributed by atoms with Gasteiger partial charge in [-0.3, -0.25) is 4.79 Å². The summed E-state index contributed by atoms with van der Waals surface area (Å²) in [5.74, 6) is 0.665. The number of hydrogen-bond acceptors (Lipinski definition) is 3. The molecule has 0 radical (unpaired) electrons.